The van der Waals surface area contributed by atoms with Gasteiger partial charge in [-0.1, -0.05) is 30.3 Å². The highest BCUT2D eigenvalue weighted by molar-refractivity contribution is 5.79. The van der Waals surface area contributed by atoms with Gasteiger partial charge in [-0.15, -0.1) is 0 Å². The Hall–Kier alpha value is -2.98. The van der Waals surface area contributed by atoms with Gasteiger partial charge in [-0.25, -0.2) is 9.97 Å². The van der Waals surface area contributed by atoms with Gasteiger partial charge in [0.15, 0.2) is 11.5 Å². The highest BCUT2D eigenvalue weighted by Crippen LogP contribution is 2.17. The number of hydrogen-bond acceptors (Lipinski definition) is 6. The second kappa shape index (κ2) is 7.73. The minimum Gasteiger partial charge on any atom is -0.389 e. The Morgan fingerprint density at radius 1 is 1.20 bits per heavy atom. The van der Waals surface area contributed by atoms with E-state index in [9.17, 15) is 15.2 Å². The molecule has 1 saturated heterocycles. The quantitative estimate of drug-likeness (QED) is 0.882. The molecule has 0 saturated carbocycles. The molecule has 1 atom stereocenters. The molecule has 1 amide bonds. The van der Waals surface area contributed by atoms with Gasteiger partial charge in [-0.2, -0.15) is 5.26 Å². The normalized spacial score (nSPS) is 17.7. The van der Waals surface area contributed by atoms with Gasteiger partial charge in [0, 0.05) is 38.6 Å². The summed E-state index contributed by atoms with van der Waals surface area (Å²) in [6.45, 7) is 1.53. The summed E-state index contributed by atoms with van der Waals surface area (Å²) in [6.07, 6.45) is 2.58. The van der Waals surface area contributed by atoms with Crippen LogP contribution in [0.25, 0.3) is 0 Å². The van der Waals surface area contributed by atoms with Crippen LogP contribution in [-0.4, -0.2) is 58.2 Å². The molecule has 1 N–H and O–H groups in total. The van der Waals surface area contributed by atoms with Crippen LogP contribution in [-0.2, 0) is 11.2 Å². The van der Waals surface area contributed by atoms with Gasteiger partial charge in [0.2, 0.25) is 5.91 Å². The largest absolute Gasteiger partial charge is 0.389 e. The first-order valence-electron chi connectivity index (χ1n) is 8.13. The number of aliphatic hydroxyl groups is 1. The minimum absolute atomic E-state index is 0.0215. The van der Waals surface area contributed by atoms with E-state index in [0.29, 0.717) is 31.9 Å². The maximum atomic E-state index is 12.5. The van der Waals surface area contributed by atoms with Crippen LogP contribution < -0.4 is 4.90 Å². The van der Waals surface area contributed by atoms with Crippen molar-refractivity contribution in [3.05, 3.63) is 54.0 Å². The number of anilines is 1. The molecule has 128 valence electrons. The van der Waals surface area contributed by atoms with Gasteiger partial charge in [-0.3, -0.25) is 4.79 Å². The van der Waals surface area contributed by atoms with Crippen LogP contribution in [0.1, 0.15) is 11.3 Å². The van der Waals surface area contributed by atoms with Crippen molar-refractivity contribution in [3.8, 4) is 6.07 Å². The van der Waals surface area contributed by atoms with Crippen molar-refractivity contribution in [2.24, 2.45) is 0 Å². The number of nitrogens with zero attached hydrogens (tertiary/aromatic N) is 5. The van der Waals surface area contributed by atoms with Crippen LogP contribution in [0.15, 0.2) is 42.7 Å². The van der Waals surface area contributed by atoms with E-state index in [-0.39, 0.29) is 18.1 Å². The number of rotatable bonds is 3. The molecular formula is C18H19N5O2. The van der Waals surface area contributed by atoms with Crippen molar-refractivity contribution in [1.82, 2.24) is 14.9 Å². The smallest absolute Gasteiger partial charge is 0.227 e. The van der Waals surface area contributed by atoms with Crippen LogP contribution in [0, 0.1) is 11.3 Å². The third-order valence-electron chi connectivity index (χ3n) is 4.14. The first-order valence-corrected chi connectivity index (χ1v) is 8.13. The lowest BCUT2D eigenvalue weighted by Crippen LogP contribution is -2.38. The van der Waals surface area contributed by atoms with Crippen molar-refractivity contribution in [2.45, 2.75) is 12.5 Å². The number of hydrogen-bond donors (Lipinski definition) is 1. The van der Waals surface area contributed by atoms with Crippen LogP contribution >= 0.6 is 0 Å². The molecule has 1 aliphatic rings. The summed E-state index contributed by atoms with van der Waals surface area (Å²) in [4.78, 5) is 24.3. The fraction of sp³-hybridized carbons (Fsp3) is 0.333. The zero-order valence-corrected chi connectivity index (χ0v) is 13.7. The van der Waals surface area contributed by atoms with E-state index in [2.05, 4.69) is 9.97 Å². The lowest BCUT2D eigenvalue weighted by atomic mass is 10.1. The van der Waals surface area contributed by atoms with E-state index in [1.807, 2.05) is 41.3 Å². The summed E-state index contributed by atoms with van der Waals surface area (Å²) < 4.78 is 0. The molecule has 0 unspecified atom stereocenters. The highest BCUT2D eigenvalue weighted by atomic mass is 16.3. The monoisotopic (exact) mass is 337 g/mol. The molecule has 2 aromatic rings. The molecule has 0 spiro atoms. The van der Waals surface area contributed by atoms with Crippen molar-refractivity contribution in [1.29, 1.82) is 5.26 Å². The van der Waals surface area contributed by atoms with E-state index in [4.69, 9.17) is 0 Å². The first kappa shape index (κ1) is 16.9. The molecule has 7 nitrogen and oxygen atoms in total. The molecule has 1 aliphatic heterocycles. The second-order valence-corrected chi connectivity index (χ2v) is 5.94. The van der Waals surface area contributed by atoms with E-state index in [1.165, 1.54) is 12.4 Å². The van der Waals surface area contributed by atoms with Crippen LogP contribution in [0.4, 0.5) is 5.82 Å². The first-order chi connectivity index (χ1) is 12.2. The van der Waals surface area contributed by atoms with Crippen LogP contribution in [0.3, 0.4) is 0 Å². The number of benzene rings is 1. The van der Waals surface area contributed by atoms with Gasteiger partial charge >= 0.3 is 0 Å². The minimum atomic E-state index is -0.712. The van der Waals surface area contributed by atoms with Crippen molar-refractivity contribution >= 4 is 11.7 Å². The second-order valence-electron chi connectivity index (χ2n) is 5.94. The Balaban J connectivity index is 1.71. The predicted molar refractivity (Wildman–Crippen MR) is 91.7 cm³/mol. The molecule has 0 aliphatic carbocycles. The fourth-order valence-electron chi connectivity index (χ4n) is 2.93. The molecular weight excluding hydrogens is 318 g/mol. The number of aromatic nitrogens is 2. The summed E-state index contributed by atoms with van der Waals surface area (Å²) in [7, 11) is 0. The van der Waals surface area contributed by atoms with Crippen LogP contribution in [0.5, 0.6) is 0 Å². The molecule has 1 aromatic carbocycles. The maximum absolute atomic E-state index is 12.5. The molecule has 7 heteroatoms. The Morgan fingerprint density at radius 3 is 2.72 bits per heavy atom. The molecule has 3 rings (SSSR count). The zero-order valence-electron chi connectivity index (χ0n) is 13.7. The molecule has 1 fully saturated rings. The van der Waals surface area contributed by atoms with Gasteiger partial charge in [0.25, 0.3) is 0 Å². The molecule has 25 heavy (non-hydrogen) atoms. The number of nitriles is 1. The van der Waals surface area contributed by atoms with Crippen molar-refractivity contribution < 1.29 is 9.90 Å². The van der Waals surface area contributed by atoms with Crippen LogP contribution in [0.2, 0.25) is 0 Å². The van der Waals surface area contributed by atoms with Crippen molar-refractivity contribution in [2.75, 3.05) is 31.1 Å². The third-order valence-corrected chi connectivity index (χ3v) is 4.14. The SMILES string of the molecule is N#Cc1nccnc1N1CCN(C(=O)Cc2ccccc2)C[C@H](O)C1. The Morgan fingerprint density at radius 2 is 1.96 bits per heavy atom. The van der Waals surface area contributed by atoms with Crippen molar-refractivity contribution in [3.63, 3.8) is 0 Å². The Bertz CT molecular complexity index is 775. The summed E-state index contributed by atoms with van der Waals surface area (Å²) >= 11 is 0. The highest BCUT2D eigenvalue weighted by Gasteiger charge is 2.26. The fourth-order valence-corrected chi connectivity index (χ4v) is 2.93. The number of β-amino-alcohol motifs (C(OH)–C–C–N with tert-alkyl or cyclic N) is 1. The summed E-state index contributed by atoms with van der Waals surface area (Å²) in [6, 6.07) is 11.6. The van der Waals surface area contributed by atoms with Gasteiger partial charge < -0.3 is 14.9 Å². The third kappa shape index (κ3) is 4.11. The Kier molecular flexibility index (Phi) is 5.21. The van der Waals surface area contributed by atoms with E-state index in [0.717, 1.165) is 5.56 Å². The summed E-state index contributed by atoms with van der Waals surface area (Å²) in [5.41, 5.74) is 1.17. The van der Waals surface area contributed by atoms with Gasteiger partial charge in [0.05, 0.1) is 12.5 Å². The number of carbonyl (C=O) groups excluding carboxylic acids is 1. The Labute approximate surface area is 146 Å². The lowest BCUT2D eigenvalue weighted by Gasteiger charge is -2.23. The van der Waals surface area contributed by atoms with E-state index in [1.54, 1.807) is 4.90 Å². The van der Waals surface area contributed by atoms with Gasteiger partial charge in [-0.05, 0) is 5.56 Å². The summed E-state index contributed by atoms with van der Waals surface area (Å²) in [5, 5.41) is 19.5. The number of carbonyl (C=O) groups is 1. The molecule has 0 bridgehead atoms. The average molecular weight is 337 g/mol. The maximum Gasteiger partial charge on any atom is 0.227 e. The van der Waals surface area contributed by atoms with E-state index < -0.39 is 6.10 Å². The average Bonchev–Trinajstić information content (AvgIpc) is 2.84. The lowest BCUT2D eigenvalue weighted by molar-refractivity contribution is -0.131. The predicted octanol–water partition coefficient (Wildman–Crippen LogP) is 0.600. The zero-order chi connectivity index (χ0) is 17.6. The summed E-state index contributed by atoms with van der Waals surface area (Å²) in [5.74, 6) is 0.424. The standard InChI is InChI=1S/C18H19N5O2/c19-11-16-18(21-7-6-20-16)23-9-8-22(12-15(24)13-23)17(25)10-14-4-2-1-3-5-14/h1-7,15,24H,8-10,12-13H2/t15-/m0/s1. The van der Waals surface area contributed by atoms with E-state index >= 15 is 0 Å². The molecule has 0 radical (unpaired) electrons. The number of aliphatic hydroxyl groups excluding tert-OH is 1. The number of amides is 1. The topological polar surface area (TPSA) is 93.4 Å². The molecule has 1 aromatic heterocycles. The molecule has 2 heterocycles. The van der Waals surface area contributed by atoms with Gasteiger partial charge in [0.1, 0.15) is 6.07 Å².